The predicted molar refractivity (Wildman–Crippen MR) is 103 cm³/mol. The summed E-state index contributed by atoms with van der Waals surface area (Å²) in [6.07, 6.45) is -0.116. The molecule has 11 nitrogen and oxygen atoms in total. The van der Waals surface area contributed by atoms with Crippen molar-refractivity contribution in [3.63, 3.8) is 0 Å². The number of carboxylic acid groups (broad SMARTS) is 2. The van der Waals surface area contributed by atoms with E-state index in [0.29, 0.717) is 6.42 Å². The van der Waals surface area contributed by atoms with E-state index in [2.05, 4.69) is 28.6 Å². The van der Waals surface area contributed by atoms with E-state index in [-0.39, 0.29) is 11.7 Å². The molecule has 0 fully saturated rings. The van der Waals surface area contributed by atoms with Gasteiger partial charge in [-0.2, -0.15) is 12.6 Å². The lowest BCUT2D eigenvalue weighted by atomic mass is 9.99. The summed E-state index contributed by atoms with van der Waals surface area (Å²) in [5, 5.41) is 24.6. The van der Waals surface area contributed by atoms with Crippen molar-refractivity contribution < 1.29 is 34.2 Å². The van der Waals surface area contributed by atoms with Gasteiger partial charge in [0.25, 0.3) is 0 Å². The molecule has 0 heterocycles. The largest absolute Gasteiger partial charge is 0.481 e. The molecule has 0 aromatic rings. The Morgan fingerprint density at radius 2 is 1.46 bits per heavy atom. The Bertz CT molecular complexity index is 602. The van der Waals surface area contributed by atoms with Gasteiger partial charge in [0.15, 0.2) is 0 Å². The van der Waals surface area contributed by atoms with Gasteiger partial charge in [-0.25, -0.2) is 4.79 Å². The lowest BCUT2D eigenvalue weighted by Gasteiger charge is -2.23. The van der Waals surface area contributed by atoms with Crippen LogP contribution in [0.15, 0.2) is 0 Å². The van der Waals surface area contributed by atoms with E-state index in [9.17, 15) is 24.0 Å². The van der Waals surface area contributed by atoms with Crippen molar-refractivity contribution in [2.75, 3.05) is 5.75 Å². The summed E-state index contributed by atoms with van der Waals surface area (Å²) in [6.45, 7) is 4.99. The van der Waals surface area contributed by atoms with E-state index >= 15 is 0 Å². The summed E-state index contributed by atoms with van der Waals surface area (Å²) in [4.78, 5) is 58.4. The molecule has 160 valence electrons. The third-order valence-corrected chi connectivity index (χ3v) is 4.49. The minimum atomic E-state index is -1.53. The summed E-state index contributed by atoms with van der Waals surface area (Å²) >= 11 is 3.79. The number of aliphatic carboxylic acids is 2. The minimum absolute atomic E-state index is 0.116. The SMILES string of the molecule is CCC(C)C(N)C(=O)NC(C)C(=O)NC(CC(=O)O)C(=O)NC(CS)C(=O)O. The maximum absolute atomic E-state index is 12.3. The highest BCUT2D eigenvalue weighted by Gasteiger charge is 2.30. The van der Waals surface area contributed by atoms with E-state index in [4.69, 9.17) is 15.9 Å². The minimum Gasteiger partial charge on any atom is -0.481 e. The number of hydrogen-bond acceptors (Lipinski definition) is 7. The third kappa shape index (κ3) is 8.57. The predicted octanol–water partition coefficient (Wildman–Crippen LogP) is -1.68. The number of carboxylic acids is 2. The Kier molecular flexibility index (Phi) is 11.2. The highest BCUT2D eigenvalue weighted by atomic mass is 32.1. The molecule has 0 saturated carbocycles. The molecular weight excluding hydrogens is 392 g/mol. The van der Waals surface area contributed by atoms with Crippen molar-refractivity contribution in [2.45, 2.75) is 57.8 Å². The number of carbonyl (C=O) groups excluding carboxylic acids is 3. The van der Waals surface area contributed by atoms with Crippen molar-refractivity contribution in [3.8, 4) is 0 Å². The second-order valence-electron chi connectivity index (χ2n) is 6.38. The lowest BCUT2D eigenvalue weighted by molar-refractivity contribution is -0.143. The number of thiol groups is 1. The number of carbonyl (C=O) groups is 5. The summed E-state index contributed by atoms with van der Waals surface area (Å²) < 4.78 is 0. The molecule has 0 aromatic carbocycles. The van der Waals surface area contributed by atoms with E-state index in [1.165, 1.54) is 6.92 Å². The third-order valence-electron chi connectivity index (χ3n) is 4.12. The van der Waals surface area contributed by atoms with Crippen LogP contribution in [0.1, 0.15) is 33.6 Å². The van der Waals surface area contributed by atoms with Crippen LogP contribution in [0.25, 0.3) is 0 Å². The molecule has 0 aromatic heterocycles. The smallest absolute Gasteiger partial charge is 0.327 e. The van der Waals surface area contributed by atoms with Crippen LogP contribution in [-0.2, 0) is 24.0 Å². The number of rotatable bonds is 12. The highest BCUT2D eigenvalue weighted by molar-refractivity contribution is 7.80. The molecule has 28 heavy (non-hydrogen) atoms. The van der Waals surface area contributed by atoms with Crippen molar-refractivity contribution in [2.24, 2.45) is 11.7 Å². The molecule has 0 bridgehead atoms. The first-order valence-electron chi connectivity index (χ1n) is 8.66. The molecule has 7 N–H and O–H groups in total. The van der Waals surface area contributed by atoms with Crippen LogP contribution in [-0.4, -0.2) is 69.8 Å². The summed E-state index contributed by atoms with van der Waals surface area (Å²) in [5.41, 5.74) is 5.79. The molecule has 12 heteroatoms. The average molecular weight is 420 g/mol. The van der Waals surface area contributed by atoms with E-state index in [1.807, 2.05) is 6.92 Å². The van der Waals surface area contributed by atoms with Crippen LogP contribution >= 0.6 is 12.6 Å². The van der Waals surface area contributed by atoms with Gasteiger partial charge in [0.1, 0.15) is 18.1 Å². The van der Waals surface area contributed by atoms with Crippen LogP contribution in [0.4, 0.5) is 0 Å². The molecule has 0 rings (SSSR count). The molecule has 3 amide bonds. The van der Waals surface area contributed by atoms with Gasteiger partial charge >= 0.3 is 11.9 Å². The lowest BCUT2D eigenvalue weighted by Crippen LogP contribution is -2.57. The molecule has 0 radical (unpaired) electrons. The van der Waals surface area contributed by atoms with Crippen LogP contribution in [0.5, 0.6) is 0 Å². The fourth-order valence-corrected chi connectivity index (χ4v) is 2.27. The van der Waals surface area contributed by atoms with Crippen molar-refractivity contribution in [1.82, 2.24) is 16.0 Å². The van der Waals surface area contributed by atoms with Gasteiger partial charge in [-0.3, -0.25) is 19.2 Å². The summed E-state index contributed by atoms with van der Waals surface area (Å²) in [5.74, 6) is -5.45. The molecule has 0 aliphatic rings. The Labute approximate surface area is 168 Å². The first-order chi connectivity index (χ1) is 12.9. The molecule has 0 aliphatic heterocycles. The van der Waals surface area contributed by atoms with Gasteiger partial charge < -0.3 is 31.9 Å². The number of hydrogen-bond donors (Lipinski definition) is 7. The normalized spacial score (nSPS) is 16.0. The van der Waals surface area contributed by atoms with Gasteiger partial charge in [-0.15, -0.1) is 0 Å². The van der Waals surface area contributed by atoms with Gasteiger partial charge in [0.05, 0.1) is 12.5 Å². The fraction of sp³-hybridized carbons (Fsp3) is 0.688. The van der Waals surface area contributed by atoms with E-state index in [0.717, 1.165) is 0 Å². The maximum Gasteiger partial charge on any atom is 0.327 e. The van der Waals surface area contributed by atoms with Gasteiger partial charge in [-0.05, 0) is 12.8 Å². The zero-order valence-electron chi connectivity index (χ0n) is 16.0. The van der Waals surface area contributed by atoms with Crippen LogP contribution < -0.4 is 21.7 Å². The van der Waals surface area contributed by atoms with Crippen molar-refractivity contribution in [3.05, 3.63) is 0 Å². The summed E-state index contributed by atoms with van der Waals surface area (Å²) in [6, 6.07) is -4.80. The molecule has 0 saturated heterocycles. The standard InChI is InChI=1S/C16H28N4O7S/c1-4-7(2)12(17)15(25)18-8(3)13(23)19-9(5-11(21)22)14(24)20-10(6-28)16(26)27/h7-10,12,28H,4-6,17H2,1-3H3,(H,18,25)(H,19,23)(H,20,24)(H,21,22)(H,26,27). The zero-order chi connectivity index (χ0) is 22.0. The van der Waals surface area contributed by atoms with Gasteiger partial charge in [-0.1, -0.05) is 20.3 Å². The second-order valence-corrected chi connectivity index (χ2v) is 6.75. The number of nitrogens with one attached hydrogen (secondary N) is 3. The quantitative estimate of drug-likeness (QED) is 0.182. The van der Waals surface area contributed by atoms with Gasteiger partial charge in [0.2, 0.25) is 17.7 Å². The molecule has 0 aliphatic carbocycles. The number of nitrogens with two attached hydrogens (primary N) is 1. The van der Waals surface area contributed by atoms with E-state index < -0.39 is 60.2 Å². The highest BCUT2D eigenvalue weighted by Crippen LogP contribution is 2.05. The Morgan fingerprint density at radius 1 is 0.929 bits per heavy atom. The molecular formula is C16H28N4O7S. The Morgan fingerprint density at radius 3 is 1.89 bits per heavy atom. The average Bonchev–Trinajstić information content (AvgIpc) is 2.62. The van der Waals surface area contributed by atoms with Crippen molar-refractivity contribution >= 4 is 42.3 Å². The molecule has 0 spiro atoms. The molecule has 5 unspecified atom stereocenters. The van der Waals surface area contributed by atoms with Crippen molar-refractivity contribution in [1.29, 1.82) is 0 Å². The first kappa shape index (κ1) is 25.7. The van der Waals surface area contributed by atoms with Crippen LogP contribution in [0.2, 0.25) is 0 Å². The van der Waals surface area contributed by atoms with Crippen LogP contribution in [0, 0.1) is 5.92 Å². The topological polar surface area (TPSA) is 188 Å². The second kappa shape index (κ2) is 12.2. The van der Waals surface area contributed by atoms with E-state index in [1.54, 1.807) is 6.92 Å². The zero-order valence-corrected chi connectivity index (χ0v) is 16.9. The van der Waals surface area contributed by atoms with Gasteiger partial charge in [0, 0.05) is 5.75 Å². The monoisotopic (exact) mass is 420 g/mol. The molecule has 5 atom stereocenters. The first-order valence-corrected chi connectivity index (χ1v) is 9.29. The maximum atomic E-state index is 12.3. The van der Waals surface area contributed by atoms with Crippen LogP contribution in [0.3, 0.4) is 0 Å². The Balaban J connectivity index is 5.05. The summed E-state index contributed by atoms with van der Waals surface area (Å²) in [7, 11) is 0. The Hall–Kier alpha value is -2.34. The fourth-order valence-electron chi connectivity index (χ4n) is 2.03. The number of amides is 3.